The zero-order valence-corrected chi connectivity index (χ0v) is 18.7. The Morgan fingerprint density at radius 3 is 2.03 bits per heavy atom. The Bertz CT molecular complexity index is 1880. The predicted molar refractivity (Wildman–Crippen MR) is 140 cm³/mol. The molecule has 0 saturated carbocycles. The molecule has 0 fully saturated rings. The molecule has 34 heavy (non-hydrogen) atoms. The van der Waals surface area contributed by atoms with Gasteiger partial charge in [0.2, 0.25) is 0 Å². The molecule has 1 aliphatic heterocycles. The second-order valence-corrected chi connectivity index (χ2v) is 10.1. The van der Waals surface area contributed by atoms with Crippen LogP contribution in [0, 0.1) is 0 Å². The number of rotatable bonds is 0. The topological polar surface area (TPSA) is 4.93 Å². The van der Waals surface area contributed by atoms with Crippen molar-refractivity contribution in [1.29, 1.82) is 0 Å². The van der Waals surface area contributed by atoms with E-state index in [1.54, 1.807) is 0 Å². The molecule has 2 aliphatic carbocycles. The maximum Gasteiger partial charge on any atom is 0.0583 e. The second kappa shape index (κ2) is 5.87. The predicted octanol–water partition coefficient (Wildman–Crippen LogP) is 7.83. The molecule has 6 aromatic rings. The minimum absolute atomic E-state index is 0.995. The minimum atomic E-state index is 0.995. The summed E-state index contributed by atoms with van der Waals surface area (Å²) in [5, 5.41) is 2.78. The molecule has 1 aromatic heterocycles. The van der Waals surface area contributed by atoms with E-state index in [9.17, 15) is 0 Å². The van der Waals surface area contributed by atoms with Crippen molar-refractivity contribution in [3.8, 4) is 27.9 Å². The van der Waals surface area contributed by atoms with Crippen LogP contribution in [0.4, 0.5) is 0 Å². The molecule has 9 rings (SSSR count). The highest BCUT2D eigenvalue weighted by molar-refractivity contribution is 6.14. The number of benzene rings is 5. The van der Waals surface area contributed by atoms with Gasteiger partial charge < -0.3 is 4.57 Å². The van der Waals surface area contributed by atoms with E-state index < -0.39 is 0 Å². The van der Waals surface area contributed by atoms with Gasteiger partial charge in [0.05, 0.1) is 16.7 Å². The summed E-state index contributed by atoms with van der Waals surface area (Å²) in [6.45, 7) is 0. The van der Waals surface area contributed by atoms with Gasteiger partial charge in [0.1, 0.15) is 0 Å². The smallest absolute Gasteiger partial charge is 0.0583 e. The van der Waals surface area contributed by atoms with Gasteiger partial charge in [0.15, 0.2) is 0 Å². The normalized spacial score (nSPS) is 14.1. The maximum atomic E-state index is 2.61. The lowest BCUT2D eigenvalue weighted by Crippen LogP contribution is -2.11. The number of hydrogen-bond donors (Lipinski definition) is 0. The Balaban J connectivity index is 1.49. The minimum Gasteiger partial charge on any atom is -0.308 e. The Hall–Kier alpha value is -4.10. The van der Waals surface area contributed by atoms with E-state index in [0.717, 1.165) is 19.3 Å². The summed E-state index contributed by atoms with van der Waals surface area (Å²) < 4.78 is 2.61. The average molecular weight is 432 g/mol. The largest absolute Gasteiger partial charge is 0.308 e. The number of fused-ring (bicyclic) bond motifs is 13. The lowest BCUT2D eigenvalue weighted by molar-refractivity contribution is 1.04. The molecule has 0 unspecified atom stereocenters. The standard InChI is InChI=1S/C33H21N/c1-3-9-24-20(8-1)16-23-18-27-26-11-5-6-12-29(26)34-32-22(17-28(30(23)24)33(27)34)14-13-21-15-19-7-2-4-10-25(19)31(21)32/h1-14,18H,15-17H2. The molecule has 0 spiro atoms. The van der Waals surface area contributed by atoms with Gasteiger partial charge in [0.25, 0.3) is 0 Å². The molecule has 5 aromatic carbocycles. The van der Waals surface area contributed by atoms with Gasteiger partial charge in [-0.05, 0) is 75.0 Å². The first-order chi connectivity index (χ1) is 16.9. The third-order valence-corrected chi connectivity index (χ3v) is 8.41. The molecule has 0 atom stereocenters. The van der Waals surface area contributed by atoms with E-state index in [0.29, 0.717) is 0 Å². The molecule has 0 N–H and O–H groups in total. The molecule has 0 amide bonds. The Labute approximate surface area is 197 Å². The maximum absolute atomic E-state index is 2.61. The molecule has 158 valence electrons. The van der Waals surface area contributed by atoms with Crippen LogP contribution < -0.4 is 0 Å². The van der Waals surface area contributed by atoms with Crippen LogP contribution in [0.5, 0.6) is 0 Å². The number of hydrogen-bond acceptors (Lipinski definition) is 0. The van der Waals surface area contributed by atoms with E-state index in [4.69, 9.17) is 0 Å². The fraction of sp³-hybridized carbons (Fsp3) is 0.0909. The van der Waals surface area contributed by atoms with Crippen LogP contribution >= 0.6 is 0 Å². The summed E-state index contributed by atoms with van der Waals surface area (Å²) in [6, 6.07) is 34.3. The van der Waals surface area contributed by atoms with Gasteiger partial charge in [0, 0.05) is 22.8 Å². The van der Waals surface area contributed by atoms with Gasteiger partial charge in [-0.2, -0.15) is 0 Å². The molecular formula is C33H21N. The van der Waals surface area contributed by atoms with E-state index in [-0.39, 0.29) is 0 Å². The van der Waals surface area contributed by atoms with Crippen molar-refractivity contribution in [1.82, 2.24) is 4.57 Å². The first-order valence-electron chi connectivity index (χ1n) is 12.3. The molecule has 1 nitrogen and oxygen atoms in total. The van der Waals surface area contributed by atoms with E-state index in [1.165, 1.54) is 83.1 Å². The summed E-state index contributed by atoms with van der Waals surface area (Å²) in [5.74, 6) is 0. The molecule has 0 bridgehead atoms. The van der Waals surface area contributed by atoms with Crippen LogP contribution in [0.3, 0.4) is 0 Å². The monoisotopic (exact) mass is 431 g/mol. The quantitative estimate of drug-likeness (QED) is 0.231. The van der Waals surface area contributed by atoms with Gasteiger partial charge in [-0.1, -0.05) is 78.9 Å². The van der Waals surface area contributed by atoms with E-state index in [1.807, 2.05) is 0 Å². The Kier molecular flexibility index (Phi) is 3.00. The summed E-state index contributed by atoms with van der Waals surface area (Å²) in [5.41, 5.74) is 18.7. The van der Waals surface area contributed by atoms with Crippen molar-refractivity contribution in [2.45, 2.75) is 19.3 Å². The first kappa shape index (κ1) is 17.4. The van der Waals surface area contributed by atoms with Crippen LogP contribution in [0.2, 0.25) is 0 Å². The molecule has 3 aliphatic rings. The number of nitrogens with zero attached hydrogens (tertiary/aromatic N) is 1. The first-order valence-corrected chi connectivity index (χ1v) is 12.3. The van der Waals surface area contributed by atoms with Crippen molar-refractivity contribution in [2.24, 2.45) is 0 Å². The number of para-hydroxylation sites is 1. The van der Waals surface area contributed by atoms with Crippen LogP contribution in [-0.4, -0.2) is 4.57 Å². The summed E-state index contributed by atoms with van der Waals surface area (Å²) in [7, 11) is 0. The molecule has 2 heterocycles. The zero-order chi connectivity index (χ0) is 22.0. The highest BCUT2D eigenvalue weighted by Crippen LogP contribution is 2.51. The number of aromatic nitrogens is 1. The Morgan fingerprint density at radius 2 is 1.18 bits per heavy atom. The van der Waals surface area contributed by atoms with Crippen molar-refractivity contribution in [2.75, 3.05) is 0 Å². The molecular weight excluding hydrogens is 410 g/mol. The second-order valence-electron chi connectivity index (χ2n) is 10.1. The van der Waals surface area contributed by atoms with Crippen LogP contribution in [0.25, 0.3) is 49.7 Å². The summed E-state index contributed by atoms with van der Waals surface area (Å²) in [4.78, 5) is 0. The van der Waals surface area contributed by atoms with E-state index >= 15 is 0 Å². The molecule has 1 heteroatoms. The van der Waals surface area contributed by atoms with E-state index in [2.05, 4.69) is 95.6 Å². The molecule has 0 radical (unpaired) electrons. The highest BCUT2D eigenvalue weighted by Gasteiger charge is 2.33. The summed E-state index contributed by atoms with van der Waals surface area (Å²) >= 11 is 0. The van der Waals surface area contributed by atoms with Crippen LogP contribution in [-0.2, 0) is 19.3 Å². The van der Waals surface area contributed by atoms with Crippen molar-refractivity contribution < 1.29 is 0 Å². The van der Waals surface area contributed by atoms with Gasteiger partial charge in [-0.3, -0.25) is 0 Å². The fourth-order valence-corrected chi connectivity index (χ4v) is 7.11. The van der Waals surface area contributed by atoms with Gasteiger partial charge in [-0.15, -0.1) is 0 Å². The summed E-state index contributed by atoms with van der Waals surface area (Å²) in [6.07, 6.45) is 3.07. The Morgan fingerprint density at radius 1 is 0.500 bits per heavy atom. The van der Waals surface area contributed by atoms with Crippen molar-refractivity contribution in [3.63, 3.8) is 0 Å². The van der Waals surface area contributed by atoms with Crippen molar-refractivity contribution >= 4 is 21.8 Å². The average Bonchev–Trinajstić information content (AvgIpc) is 3.54. The lowest BCUT2D eigenvalue weighted by atomic mass is 9.87. The third-order valence-electron chi connectivity index (χ3n) is 8.41. The SMILES string of the molecule is c1ccc2c(c1)Cc1ccc3c(c1-2)-n1c2ccccc2c2cc4c(c(c21)C3)-c1ccccc1C4. The van der Waals surface area contributed by atoms with Gasteiger partial charge in [-0.25, -0.2) is 0 Å². The van der Waals surface area contributed by atoms with Crippen molar-refractivity contribution in [3.05, 3.63) is 124 Å². The zero-order valence-electron chi connectivity index (χ0n) is 18.7. The van der Waals surface area contributed by atoms with Gasteiger partial charge >= 0.3 is 0 Å². The van der Waals surface area contributed by atoms with Crippen LogP contribution in [0.15, 0.2) is 91.0 Å². The lowest BCUT2D eigenvalue weighted by Gasteiger charge is -2.26. The highest BCUT2D eigenvalue weighted by atomic mass is 15.0. The molecule has 0 saturated heterocycles. The fourth-order valence-electron chi connectivity index (χ4n) is 7.11. The third kappa shape index (κ3) is 1.94. The van der Waals surface area contributed by atoms with Crippen LogP contribution in [0.1, 0.15) is 33.4 Å².